The van der Waals surface area contributed by atoms with E-state index in [0.29, 0.717) is 29.3 Å². The lowest BCUT2D eigenvalue weighted by Gasteiger charge is -2.12. The van der Waals surface area contributed by atoms with Gasteiger partial charge in [-0.1, -0.05) is 40.0 Å². The average molecular weight is 520 g/mol. The number of benzene rings is 2. The molecule has 3 N–H and O–H groups in total. The molecule has 6 nitrogen and oxygen atoms in total. The molecule has 8 heteroatoms. The van der Waals surface area contributed by atoms with Gasteiger partial charge in [0.25, 0.3) is 5.91 Å². The maximum absolute atomic E-state index is 12.5. The van der Waals surface area contributed by atoms with E-state index in [1.807, 2.05) is 13.8 Å². The number of unbranched alkanes of at least 4 members (excludes halogenated alkanes) is 3. The van der Waals surface area contributed by atoms with Crippen LogP contribution < -0.4 is 20.7 Å². The van der Waals surface area contributed by atoms with Gasteiger partial charge in [-0.25, -0.2) is 0 Å². The molecule has 2 aromatic rings. The normalized spacial score (nSPS) is 10.5. The first-order valence-corrected chi connectivity index (χ1v) is 12.0. The Hall–Kier alpha value is -2.45. The van der Waals surface area contributed by atoms with Crippen LogP contribution in [0.2, 0.25) is 0 Å². The number of carbonyl (C=O) groups excluding carboxylic acids is 2. The first kappa shape index (κ1) is 25.8. The second-order valence-electron chi connectivity index (χ2n) is 7.68. The lowest BCUT2D eigenvalue weighted by molar-refractivity contribution is -0.118. The third kappa shape index (κ3) is 8.59. The second kappa shape index (κ2) is 13.2. The van der Waals surface area contributed by atoms with Crippen molar-refractivity contribution in [3.05, 3.63) is 52.5 Å². The predicted molar refractivity (Wildman–Crippen MR) is 137 cm³/mol. The Balaban J connectivity index is 1.86. The molecular weight excluding hydrogens is 490 g/mol. The molecule has 32 heavy (non-hydrogen) atoms. The van der Waals surface area contributed by atoms with Gasteiger partial charge in [0.1, 0.15) is 5.75 Å². The molecule has 2 rings (SSSR count). The van der Waals surface area contributed by atoms with Crippen molar-refractivity contribution in [2.45, 2.75) is 46.5 Å². The number of ether oxygens (including phenoxy) is 1. The molecule has 172 valence electrons. The summed E-state index contributed by atoms with van der Waals surface area (Å²) in [4.78, 5) is 24.3. The topological polar surface area (TPSA) is 79.5 Å². The summed E-state index contributed by atoms with van der Waals surface area (Å²) in [5.74, 6) is 0.247. The van der Waals surface area contributed by atoms with Crippen molar-refractivity contribution in [1.29, 1.82) is 0 Å². The fourth-order valence-electron chi connectivity index (χ4n) is 2.73. The first-order valence-electron chi connectivity index (χ1n) is 10.8. The zero-order valence-electron chi connectivity index (χ0n) is 18.7. The highest BCUT2D eigenvalue weighted by Crippen LogP contribution is 2.26. The van der Waals surface area contributed by atoms with Crippen molar-refractivity contribution < 1.29 is 14.3 Å². The van der Waals surface area contributed by atoms with Gasteiger partial charge in [0.15, 0.2) is 5.11 Å². The second-order valence-corrected chi connectivity index (χ2v) is 8.95. The third-order valence-electron chi connectivity index (χ3n) is 4.61. The Bertz CT molecular complexity index is 933. The van der Waals surface area contributed by atoms with E-state index in [9.17, 15) is 9.59 Å². The fourth-order valence-corrected chi connectivity index (χ4v) is 3.44. The van der Waals surface area contributed by atoms with Gasteiger partial charge in [-0.05, 0) is 77.0 Å². The fraction of sp³-hybridized carbons (Fsp3) is 0.375. The predicted octanol–water partition coefficient (Wildman–Crippen LogP) is 6.13. The number of nitrogens with one attached hydrogen (secondary N) is 3. The molecule has 0 bridgehead atoms. The van der Waals surface area contributed by atoms with Crippen LogP contribution in [0, 0.1) is 5.92 Å². The Morgan fingerprint density at radius 3 is 2.25 bits per heavy atom. The summed E-state index contributed by atoms with van der Waals surface area (Å²) in [6.07, 6.45) is 4.55. The first-order chi connectivity index (χ1) is 15.3. The van der Waals surface area contributed by atoms with E-state index in [0.717, 1.165) is 17.3 Å². The SMILES string of the molecule is CCCCCCOc1ccc(C(=O)NC(=S)Nc2ccc(NC(=O)C(C)C)cc2)cc1Br. The van der Waals surface area contributed by atoms with Crippen molar-refractivity contribution in [2.75, 3.05) is 17.2 Å². The molecule has 0 fully saturated rings. The molecule has 0 aliphatic heterocycles. The van der Waals surface area contributed by atoms with Crippen LogP contribution >= 0.6 is 28.1 Å². The molecule has 0 atom stereocenters. The van der Waals surface area contributed by atoms with Gasteiger partial charge in [0, 0.05) is 22.9 Å². The van der Waals surface area contributed by atoms with Crippen LogP contribution in [0.3, 0.4) is 0 Å². The van der Waals surface area contributed by atoms with Crippen molar-refractivity contribution in [2.24, 2.45) is 5.92 Å². The maximum Gasteiger partial charge on any atom is 0.257 e. The standard InChI is InChI=1S/C24H30BrN3O3S/c1-4-5-6-7-14-31-21-13-8-17(15-20(21)25)23(30)28-24(32)27-19-11-9-18(10-12-19)26-22(29)16(2)3/h8-13,15-16H,4-7,14H2,1-3H3,(H,26,29)(H2,27,28,30,32). The van der Waals surface area contributed by atoms with Crippen LogP contribution in [0.4, 0.5) is 11.4 Å². The van der Waals surface area contributed by atoms with Gasteiger partial charge in [0.05, 0.1) is 11.1 Å². The minimum atomic E-state index is -0.321. The molecule has 0 radical (unpaired) electrons. The molecule has 2 amide bonds. The van der Waals surface area contributed by atoms with E-state index in [1.54, 1.807) is 42.5 Å². The summed E-state index contributed by atoms with van der Waals surface area (Å²) < 4.78 is 6.50. The number of hydrogen-bond acceptors (Lipinski definition) is 4. The van der Waals surface area contributed by atoms with Gasteiger partial charge in [-0.2, -0.15) is 0 Å². The number of amides is 2. The highest BCUT2D eigenvalue weighted by molar-refractivity contribution is 9.10. The molecular formula is C24H30BrN3O3S. The molecule has 0 aliphatic rings. The number of halogens is 1. The largest absolute Gasteiger partial charge is 0.492 e. The molecule has 0 spiro atoms. The van der Waals surface area contributed by atoms with Crippen LogP contribution in [0.5, 0.6) is 5.75 Å². The summed E-state index contributed by atoms with van der Waals surface area (Å²) in [7, 11) is 0. The highest BCUT2D eigenvalue weighted by Gasteiger charge is 2.12. The van der Waals surface area contributed by atoms with Crippen molar-refractivity contribution >= 4 is 56.4 Å². The summed E-state index contributed by atoms with van der Waals surface area (Å²) >= 11 is 8.72. The van der Waals surface area contributed by atoms with Gasteiger partial charge >= 0.3 is 0 Å². The van der Waals surface area contributed by atoms with E-state index in [2.05, 4.69) is 38.8 Å². The quantitative estimate of drug-likeness (QED) is 0.260. The lowest BCUT2D eigenvalue weighted by atomic mass is 10.2. The average Bonchev–Trinajstić information content (AvgIpc) is 2.75. The number of carbonyl (C=O) groups is 2. The Morgan fingerprint density at radius 2 is 1.66 bits per heavy atom. The van der Waals surface area contributed by atoms with Crippen molar-refractivity contribution in [1.82, 2.24) is 5.32 Å². The third-order valence-corrected chi connectivity index (χ3v) is 5.44. The van der Waals surface area contributed by atoms with Crippen molar-refractivity contribution in [3.8, 4) is 5.75 Å². The van der Waals surface area contributed by atoms with Gasteiger partial charge in [0.2, 0.25) is 5.91 Å². The van der Waals surface area contributed by atoms with Crippen LogP contribution in [-0.2, 0) is 4.79 Å². The Labute approximate surface area is 203 Å². The summed E-state index contributed by atoms with van der Waals surface area (Å²) in [5, 5.41) is 8.64. The van der Waals surface area contributed by atoms with Crippen LogP contribution in [-0.4, -0.2) is 23.5 Å². The van der Waals surface area contributed by atoms with E-state index >= 15 is 0 Å². The molecule has 0 unspecified atom stereocenters. The molecule has 0 saturated carbocycles. The Kier molecular flexibility index (Phi) is 10.6. The minimum absolute atomic E-state index is 0.0486. The van der Waals surface area contributed by atoms with Crippen LogP contribution in [0.1, 0.15) is 56.8 Å². The molecule has 0 heterocycles. The lowest BCUT2D eigenvalue weighted by Crippen LogP contribution is -2.34. The van der Waals surface area contributed by atoms with Crippen LogP contribution in [0.25, 0.3) is 0 Å². The van der Waals surface area contributed by atoms with Crippen LogP contribution in [0.15, 0.2) is 46.9 Å². The highest BCUT2D eigenvalue weighted by atomic mass is 79.9. The molecule has 2 aromatic carbocycles. The zero-order chi connectivity index (χ0) is 23.5. The molecule has 0 saturated heterocycles. The number of hydrogen-bond donors (Lipinski definition) is 3. The Morgan fingerprint density at radius 1 is 1.00 bits per heavy atom. The maximum atomic E-state index is 12.5. The number of thiocarbonyl (C=S) groups is 1. The smallest absolute Gasteiger partial charge is 0.257 e. The monoisotopic (exact) mass is 519 g/mol. The van der Waals surface area contributed by atoms with E-state index in [1.165, 1.54) is 12.8 Å². The van der Waals surface area contributed by atoms with E-state index in [-0.39, 0.29) is 22.8 Å². The van der Waals surface area contributed by atoms with Gasteiger partial charge < -0.3 is 15.4 Å². The van der Waals surface area contributed by atoms with Gasteiger partial charge in [-0.15, -0.1) is 0 Å². The summed E-state index contributed by atoms with van der Waals surface area (Å²) in [6, 6.07) is 12.3. The van der Waals surface area contributed by atoms with E-state index < -0.39 is 0 Å². The van der Waals surface area contributed by atoms with Gasteiger partial charge in [-0.3, -0.25) is 14.9 Å². The van der Waals surface area contributed by atoms with E-state index in [4.69, 9.17) is 17.0 Å². The summed E-state index contributed by atoms with van der Waals surface area (Å²) in [6.45, 7) is 6.49. The zero-order valence-corrected chi connectivity index (χ0v) is 21.1. The molecule has 0 aromatic heterocycles. The summed E-state index contributed by atoms with van der Waals surface area (Å²) in [5.41, 5.74) is 1.86. The minimum Gasteiger partial charge on any atom is -0.492 e. The molecule has 0 aliphatic carbocycles. The van der Waals surface area contributed by atoms with Crippen molar-refractivity contribution in [3.63, 3.8) is 0 Å². The number of anilines is 2. The number of rotatable bonds is 10.